The van der Waals surface area contributed by atoms with Crippen LogP contribution in [0.3, 0.4) is 0 Å². The van der Waals surface area contributed by atoms with Crippen LogP contribution in [0.4, 0.5) is 17.1 Å². The zero-order valence-electron chi connectivity index (χ0n) is 34.4. The highest BCUT2D eigenvalue weighted by atomic mass is 16.3. The summed E-state index contributed by atoms with van der Waals surface area (Å²) in [5.41, 5.74) is 15.0. The summed E-state index contributed by atoms with van der Waals surface area (Å²) < 4.78 is 9.05. The summed E-state index contributed by atoms with van der Waals surface area (Å²) in [4.78, 5) is 2.45. The predicted octanol–water partition coefficient (Wildman–Crippen LogP) is 16.5. The quantitative estimate of drug-likeness (QED) is 0.160. The molecule has 3 nitrogen and oxygen atoms in total. The third-order valence-corrected chi connectivity index (χ3v) is 14.2. The summed E-state index contributed by atoms with van der Waals surface area (Å²) >= 11 is 0. The van der Waals surface area contributed by atoms with Crippen LogP contribution in [-0.4, -0.2) is 4.57 Å². The molecule has 2 aliphatic rings. The largest absolute Gasteiger partial charge is 0.456 e. The molecule has 9 aromatic carbocycles. The van der Waals surface area contributed by atoms with E-state index in [4.69, 9.17) is 4.42 Å². The zero-order valence-corrected chi connectivity index (χ0v) is 34.4. The average Bonchev–Trinajstić information content (AvgIpc) is 4.14. The van der Waals surface area contributed by atoms with E-state index < -0.39 is 0 Å². The van der Waals surface area contributed by atoms with Gasteiger partial charge >= 0.3 is 0 Å². The molecule has 62 heavy (non-hydrogen) atoms. The molecular weight excluding hydrogens is 753 g/mol. The molecular formula is C59H44N2O. The molecule has 2 saturated carbocycles. The van der Waals surface area contributed by atoms with Crippen molar-refractivity contribution in [2.75, 3.05) is 4.90 Å². The zero-order chi connectivity index (χ0) is 40.7. The maximum Gasteiger partial charge on any atom is 0.137 e. The topological polar surface area (TPSA) is 21.3 Å². The molecule has 296 valence electrons. The fourth-order valence-electron chi connectivity index (χ4n) is 11.5. The van der Waals surface area contributed by atoms with Gasteiger partial charge in [-0.3, -0.25) is 0 Å². The van der Waals surface area contributed by atoms with Crippen LogP contribution in [0.15, 0.2) is 205 Å². The Balaban J connectivity index is 1.05. The number of benzene rings is 9. The minimum absolute atomic E-state index is 0.662. The molecule has 2 bridgehead atoms. The Kier molecular flexibility index (Phi) is 8.06. The average molecular weight is 797 g/mol. The Morgan fingerprint density at radius 2 is 1.15 bits per heavy atom. The van der Waals surface area contributed by atoms with Crippen LogP contribution >= 0.6 is 0 Å². The fourth-order valence-corrected chi connectivity index (χ4v) is 11.5. The Bertz CT molecular complexity index is 3500. The van der Waals surface area contributed by atoms with Crippen molar-refractivity contribution in [3.8, 4) is 27.9 Å². The van der Waals surface area contributed by atoms with Crippen LogP contribution in [0.25, 0.3) is 82.5 Å². The smallest absolute Gasteiger partial charge is 0.137 e. The van der Waals surface area contributed by atoms with E-state index in [0.717, 1.165) is 50.8 Å². The molecule has 0 radical (unpaired) electrons. The van der Waals surface area contributed by atoms with Crippen molar-refractivity contribution in [3.63, 3.8) is 0 Å². The van der Waals surface area contributed by atoms with E-state index in [-0.39, 0.29) is 0 Å². The molecule has 0 aliphatic heterocycles. The van der Waals surface area contributed by atoms with E-state index in [0.29, 0.717) is 5.92 Å². The lowest BCUT2D eigenvalue weighted by atomic mass is 9.83. The molecule has 11 aromatic rings. The van der Waals surface area contributed by atoms with Gasteiger partial charge in [0.25, 0.3) is 0 Å². The van der Waals surface area contributed by atoms with Gasteiger partial charge in [0, 0.05) is 33.2 Å². The number of furan rings is 1. The van der Waals surface area contributed by atoms with Gasteiger partial charge in [0.2, 0.25) is 0 Å². The van der Waals surface area contributed by atoms with Crippen LogP contribution in [0, 0.1) is 11.8 Å². The third kappa shape index (κ3) is 5.58. The van der Waals surface area contributed by atoms with Crippen molar-refractivity contribution >= 4 is 71.6 Å². The number of hydrogen-bond donors (Lipinski definition) is 0. The minimum Gasteiger partial charge on any atom is -0.456 e. The summed E-state index contributed by atoms with van der Waals surface area (Å²) in [6.45, 7) is 0. The second-order valence-electron chi connectivity index (χ2n) is 17.6. The van der Waals surface area contributed by atoms with Gasteiger partial charge in [0.15, 0.2) is 0 Å². The molecule has 3 heteroatoms. The van der Waals surface area contributed by atoms with E-state index in [1.165, 1.54) is 91.8 Å². The first-order valence-corrected chi connectivity index (χ1v) is 22.2. The maximum atomic E-state index is 6.54. The van der Waals surface area contributed by atoms with Crippen molar-refractivity contribution in [3.05, 3.63) is 206 Å². The second kappa shape index (κ2) is 14.1. The van der Waals surface area contributed by atoms with E-state index in [1.807, 2.05) is 0 Å². The molecule has 2 heterocycles. The third-order valence-electron chi connectivity index (χ3n) is 14.2. The summed E-state index contributed by atoms with van der Waals surface area (Å²) in [6, 6.07) is 73.5. The minimum atomic E-state index is 0.662. The first-order chi connectivity index (χ1) is 30.7. The summed E-state index contributed by atoms with van der Waals surface area (Å²) in [6.07, 6.45) is 5.52. The lowest BCUT2D eigenvalue weighted by molar-refractivity contribution is 0.420. The highest BCUT2D eigenvalue weighted by Crippen LogP contribution is 2.54. The molecule has 0 N–H and O–H groups in total. The molecule has 0 spiro atoms. The Hall–Kier alpha value is -7.36. The van der Waals surface area contributed by atoms with Gasteiger partial charge in [0.05, 0.1) is 22.1 Å². The number of rotatable bonds is 7. The summed E-state index contributed by atoms with van der Waals surface area (Å²) in [5, 5.41) is 7.24. The predicted molar refractivity (Wildman–Crippen MR) is 259 cm³/mol. The number of nitrogens with zero attached hydrogens (tertiary/aromatic N) is 2. The lowest BCUT2D eigenvalue weighted by Crippen LogP contribution is -2.10. The van der Waals surface area contributed by atoms with Crippen molar-refractivity contribution in [2.45, 2.75) is 31.6 Å². The van der Waals surface area contributed by atoms with Gasteiger partial charge in [-0.05, 0) is 136 Å². The SMILES string of the molecule is c1ccc(-c2cccc3cccc(-c4cccc(N(c5ccc6c7ccc(C8CC9CCC8C9)cc7n(-c7ccccc7)c6c5)c5cccc6oc7ccccc7c56)c4)c23)cc1. The van der Waals surface area contributed by atoms with Crippen molar-refractivity contribution in [1.29, 1.82) is 0 Å². The molecule has 3 atom stereocenters. The van der Waals surface area contributed by atoms with Crippen molar-refractivity contribution in [1.82, 2.24) is 4.57 Å². The van der Waals surface area contributed by atoms with E-state index in [2.05, 4.69) is 210 Å². The molecule has 0 saturated heterocycles. The first kappa shape index (κ1) is 35.4. The van der Waals surface area contributed by atoms with Crippen LogP contribution in [0.5, 0.6) is 0 Å². The lowest BCUT2D eigenvalue weighted by Gasteiger charge is -2.27. The Morgan fingerprint density at radius 1 is 0.468 bits per heavy atom. The number of aromatic nitrogens is 1. The number of fused-ring (bicyclic) bond motifs is 9. The van der Waals surface area contributed by atoms with Gasteiger partial charge in [0.1, 0.15) is 11.2 Å². The van der Waals surface area contributed by atoms with Gasteiger partial charge in [-0.25, -0.2) is 0 Å². The van der Waals surface area contributed by atoms with Crippen LogP contribution in [0.2, 0.25) is 0 Å². The monoisotopic (exact) mass is 796 g/mol. The molecule has 2 aliphatic carbocycles. The normalized spacial score (nSPS) is 17.3. The first-order valence-electron chi connectivity index (χ1n) is 22.2. The van der Waals surface area contributed by atoms with E-state index >= 15 is 0 Å². The van der Waals surface area contributed by atoms with E-state index in [1.54, 1.807) is 0 Å². The van der Waals surface area contributed by atoms with Crippen molar-refractivity contribution in [2.24, 2.45) is 11.8 Å². The fraction of sp³-hybridized carbons (Fsp3) is 0.119. The van der Waals surface area contributed by atoms with Crippen molar-refractivity contribution < 1.29 is 4.42 Å². The van der Waals surface area contributed by atoms with Crippen LogP contribution < -0.4 is 4.90 Å². The Morgan fingerprint density at radius 3 is 1.95 bits per heavy atom. The van der Waals surface area contributed by atoms with Gasteiger partial charge in [-0.1, -0.05) is 146 Å². The van der Waals surface area contributed by atoms with Gasteiger partial charge < -0.3 is 13.9 Å². The van der Waals surface area contributed by atoms with E-state index in [9.17, 15) is 0 Å². The Labute approximate surface area is 361 Å². The highest BCUT2D eigenvalue weighted by Gasteiger charge is 2.40. The highest BCUT2D eigenvalue weighted by molar-refractivity contribution is 6.15. The van der Waals surface area contributed by atoms with Crippen LogP contribution in [0.1, 0.15) is 37.2 Å². The number of hydrogen-bond acceptors (Lipinski definition) is 2. The number of para-hydroxylation sites is 2. The molecule has 2 fully saturated rings. The summed E-state index contributed by atoms with van der Waals surface area (Å²) in [5.74, 6) is 2.38. The maximum absolute atomic E-state index is 6.54. The molecule has 3 unspecified atom stereocenters. The molecule has 2 aromatic heterocycles. The molecule has 0 amide bonds. The molecule has 13 rings (SSSR count). The van der Waals surface area contributed by atoms with Gasteiger partial charge in [-0.15, -0.1) is 0 Å². The second-order valence-corrected chi connectivity index (χ2v) is 17.6. The standard InChI is InChI=1S/C59H44N2O/c1-3-13-39(14-4-1)47-22-10-15-40-16-11-23-48(58(40)47)41-17-9-20-45(35-41)60(53-24-12-26-57-59(53)51-21-7-8-25-56(51)62-57)46-30-32-50-49-31-29-43(52-34-38-27-28-42(52)33-38)36-54(49)61(55(50)37-46)44-18-5-2-6-19-44/h1-26,29-32,35-38,42,52H,27-28,33-34H2. The van der Waals surface area contributed by atoms with Crippen LogP contribution in [-0.2, 0) is 0 Å². The summed E-state index contributed by atoms with van der Waals surface area (Å²) in [7, 11) is 0. The van der Waals surface area contributed by atoms with Gasteiger partial charge in [-0.2, -0.15) is 0 Å². The number of anilines is 3.